The Bertz CT molecular complexity index is 631. The predicted octanol–water partition coefficient (Wildman–Crippen LogP) is 3.96. The Hall–Kier alpha value is -2.10. The third kappa shape index (κ3) is 5.22. The van der Waals surface area contributed by atoms with Crippen LogP contribution in [0.1, 0.15) is 24.1 Å². The Balaban J connectivity index is 0.00000288. The van der Waals surface area contributed by atoms with E-state index in [9.17, 15) is 4.79 Å². The summed E-state index contributed by atoms with van der Waals surface area (Å²) in [6.45, 7) is 6.73. The molecule has 2 aromatic rings. The summed E-state index contributed by atoms with van der Waals surface area (Å²) >= 11 is 0. The fourth-order valence-corrected chi connectivity index (χ4v) is 2.60. The second-order valence-electron chi connectivity index (χ2n) is 5.72. The highest BCUT2D eigenvalue weighted by atomic mass is 35.5. The maximum atomic E-state index is 12.9. The fourth-order valence-electron chi connectivity index (χ4n) is 2.60. The van der Waals surface area contributed by atoms with Gasteiger partial charge in [0.25, 0.3) is 0 Å². The van der Waals surface area contributed by atoms with E-state index < -0.39 is 0 Å². The van der Waals surface area contributed by atoms with Crippen LogP contribution in [-0.4, -0.2) is 17.4 Å². The van der Waals surface area contributed by atoms with Crippen LogP contribution in [0.4, 0.5) is 0 Å². The van der Waals surface area contributed by atoms with Gasteiger partial charge in [-0.3, -0.25) is 4.79 Å². The van der Waals surface area contributed by atoms with Crippen LogP contribution >= 0.6 is 12.4 Å². The molecule has 2 N–H and O–H groups in total. The molecule has 0 aromatic heterocycles. The summed E-state index contributed by atoms with van der Waals surface area (Å²) in [7, 11) is 0. The minimum Gasteiger partial charge on any atom is -0.334 e. The van der Waals surface area contributed by atoms with E-state index in [1.807, 2.05) is 67.6 Å². The molecule has 0 aliphatic rings. The highest BCUT2D eigenvalue weighted by Crippen LogP contribution is 2.22. The predicted molar refractivity (Wildman–Crippen MR) is 102 cm³/mol. The molecule has 4 heteroatoms. The lowest BCUT2D eigenvalue weighted by molar-refractivity contribution is -0.135. The van der Waals surface area contributed by atoms with Gasteiger partial charge in [0.1, 0.15) is 0 Å². The Morgan fingerprint density at radius 3 is 2.21 bits per heavy atom. The average molecular weight is 345 g/mol. The highest BCUT2D eigenvalue weighted by molar-refractivity contribution is 5.85. The number of benzene rings is 2. The molecule has 128 valence electrons. The van der Waals surface area contributed by atoms with Gasteiger partial charge < -0.3 is 10.6 Å². The summed E-state index contributed by atoms with van der Waals surface area (Å²) in [5.74, 6) is -0.244. The SMILES string of the molecule is C=CCN(Cc1ccccc1)C(=O)C(C)C(N)c1ccccc1.Cl. The number of nitrogens with zero attached hydrogens (tertiary/aromatic N) is 1. The van der Waals surface area contributed by atoms with Crippen LogP contribution in [0.25, 0.3) is 0 Å². The molecule has 0 fully saturated rings. The van der Waals surface area contributed by atoms with Crippen LogP contribution in [0.15, 0.2) is 73.3 Å². The van der Waals surface area contributed by atoms with Crippen molar-refractivity contribution in [3.63, 3.8) is 0 Å². The number of nitrogens with two attached hydrogens (primary N) is 1. The zero-order valence-corrected chi connectivity index (χ0v) is 14.8. The van der Waals surface area contributed by atoms with E-state index in [4.69, 9.17) is 5.73 Å². The maximum absolute atomic E-state index is 12.9. The van der Waals surface area contributed by atoms with Crippen LogP contribution in [0.3, 0.4) is 0 Å². The quantitative estimate of drug-likeness (QED) is 0.773. The Kier molecular flexibility index (Phi) is 8.24. The van der Waals surface area contributed by atoms with Gasteiger partial charge in [-0.1, -0.05) is 73.7 Å². The van der Waals surface area contributed by atoms with E-state index in [0.29, 0.717) is 13.1 Å². The number of carbonyl (C=O) groups is 1. The zero-order chi connectivity index (χ0) is 16.7. The number of rotatable bonds is 7. The smallest absolute Gasteiger partial charge is 0.227 e. The summed E-state index contributed by atoms with van der Waals surface area (Å²) in [4.78, 5) is 14.7. The fraction of sp³-hybridized carbons (Fsp3) is 0.250. The first-order valence-corrected chi connectivity index (χ1v) is 7.87. The number of amides is 1. The minimum absolute atomic E-state index is 0. The first-order valence-electron chi connectivity index (χ1n) is 7.87. The number of halogens is 1. The lowest BCUT2D eigenvalue weighted by Crippen LogP contribution is -2.39. The molecular weight excluding hydrogens is 320 g/mol. The van der Waals surface area contributed by atoms with Gasteiger partial charge in [0, 0.05) is 19.1 Å². The van der Waals surface area contributed by atoms with Crippen molar-refractivity contribution in [2.45, 2.75) is 19.5 Å². The van der Waals surface area contributed by atoms with Gasteiger partial charge in [0.15, 0.2) is 0 Å². The van der Waals surface area contributed by atoms with E-state index in [1.54, 1.807) is 11.0 Å². The van der Waals surface area contributed by atoms with E-state index >= 15 is 0 Å². The van der Waals surface area contributed by atoms with Crippen LogP contribution in [0.2, 0.25) is 0 Å². The number of hydrogen-bond donors (Lipinski definition) is 1. The van der Waals surface area contributed by atoms with Crippen LogP contribution in [-0.2, 0) is 11.3 Å². The summed E-state index contributed by atoms with van der Waals surface area (Å²) in [6, 6.07) is 19.4. The molecule has 2 rings (SSSR count). The van der Waals surface area contributed by atoms with Crippen LogP contribution in [0, 0.1) is 5.92 Å². The topological polar surface area (TPSA) is 46.3 Å². The molecular formula is C20H25ClN2O. The van der Waals surface area contributed by atoms with Crippen molar-refractivity contribution >= 4 is 18.3 Å². The van der Waals surface area contributed by atoms with Gasteiger partial charge in [-0.05, 0) is 11.1 Å². The molecule has 0 spiro atoms. The zero-order valence-electron chi connectivity index (χ0n) is 14.0. The molecule has 0 heterocycles. The van der Waals surface area contributed by atoms with E-state index in [2.05, 4.69) is 6.58 Å². The normalized spacial score (nSPS) is 12.6. The first kappa shape index (κ1) is 19.9. The number of carbonyl (C=O) groups excluding carboxylic acids is 1. The molecule has 24 heavy (non-hydrogen) atoms. The second-order valence-corrected chi connectivity index (χ2v) is 5.72. The molecule has 0 aliphatic heterocycles. The molecule has 2 atom stereocenters. The third-order valence-electron chi connectivity index (χ3n) is 3.99. The van der Waals surface area contributed by atoms with Crippen molar-refractivity contribution in [3.05, 3.63) is 84.4 Å². The third-order valence-corrected chi connectivity index (χ3v) is 3.99. The van der Waals surface area contributed by atoms with Gasteiger partial charge in [-0.15, -0.1) is 19.0 Å². The summed E-state index contributed by atoms with van der Waals surface area (Å²) in [6.07, 6.45) is 1.75. The monoisotopic (exact) mass is 344 g/mol. The van der Waals surface area contributed by atoms with Crippen LogP contribution in [0.5, 0.6) is 0 Å². The summed E-state index contributed by atoms with van der Waals surface area (Å²) in [5, 5.41) is 0. The molecule has 0 radical (unpaired) electrons. The van der Waals surface area contributed by atoms with Gasteiger partial charge in [0.2, 0.25) is 5.91 Å². The average Bonchev–Trinajstić information content (AvgIpc) is 2.61. The molecule has 0 saturated carbocycles. The second kappa shape index (κ2) is 9.91. The number of hydrogen-bond acceptors (Lipinski definition) is 2. The molecule has 0 saturated heterocycles. The molecule has 1 amide bonds. The molecule has 0 aliphatic carbocycles. The molecule has 2 unspecified atom stereocenters. The minimum atomic E-state index is -0.313. The molecule has 0 bridgehead atoms. The van der Waals surface area contributed by atoms with Crippen molar-refractivity contribution in [1.82, 2.24) is 4.90 Å². The molecule has 2 aromatic carbocycles. The maximum Gasteiger partial charge on any atom is 0.227 e. The highest BCUT2D eigenvalue weighted by Gasteiger charge is 2.26. The lowest BCUT2D eigenvalue weighted by Gasteiger charge is -2.28. The van der Waals surface area contributed by atoms with Gasteiger partial charge in [0.05, 0.1) is 5.92 Å². The Morgan fingerprint density at radius 1 is 1.12 bits per heavy atom. The standard InChI is InChI=1S/C20H24N2O.ClH/c1-3-14-22(15-17-10-6-4-7-11-17)20(23)16(2)19(21)18-12-8-5-9-13-18;/h3-13,16,19H,1,14-15,21H2,2H3;1H. The summed E-state index contributed by atoms with van der Waals surface area (Å²) < 4.78 is 0. The van der Waals surface area contributed by atoms with Crippen LogP contribution < -0.4 is 5.73 Å². The van der Waals surface area contributed by atoms with Crippen molar-refractivity contribution < 1.29 is 4.79 Å². The van der Waals surface area contributed by atoms with Crippen molar-refractivity contribution in [3.8, 4) is 0 Å². The van der Waals surface area contributed by atoms with E-state index in [-0.39, 0.29) is 30.3 Å². The Labute approximate surface area is 150 Å². The Morgan fingerprint density at radius 2 is 1.67 bits per heavy atom. The summed E-state index contributed by atoms with van der Waals surface area (Å²) in [5.41, 5.74) is 8.37. The van der Waals surface area contributed by atoms with E-state index in [0.717, 1.165) is 11.1 Å². The van der Waals surface area contributed by atoms with E-state index in [1.165, 1.54) is 0 Å². The van der Waals surface area contributed by atoms with Crippen molar-refractivity contribution in [1.29, 1.82) is 0 Å². The van der Waals surface area contributed by atoms with Gasteiger partial charge in [-0.25, -0.2) is 0 Å². The largest absolute Gasteiger partial charge is 0.334 e. The first-order chi connectivity index (χ1) is 11.1. The van der Waals surface area contributed by atoms with Gasteiger partial charge >= 0.3 is 0 Å². The van der Waals surface area contributed by atoms with Gasteiger partial charge in [-0.2, -0.15) is 0 Å². The van der Waals surface area contributed by atoms with Crippen molar-refractivity contribution in [2.24, 2.45) is 11.7 Å². The van der Waals surface area contributed by atoms with Crippen molar-refractivity contribution in [2.75, 3.05) is 6.54 Å². The molecule has 3 nitrogen and oxygen atoms in total. The lowest BCUT2D eigenvalue weighted by atomic mass is 9.94.